The van der Waals surface area contributed by atoms with Crippen LogP contribution in [0.5, 0.6) is 0 Å². The zero-order valence-corrected chi connectivity index (χ0v) is 7.54. The van der Waals surface area contributed by atoms with Crippen LogP contribution in [0.2, 0.25) is 0 Å². The summed E-state index contributed by atoms with van der Waals surface area (Å²) in [5.41, 5.74) is 1.70. The van der Waals surface area contributed by atoms with E-state index in [0.29, 0.717) is 0 Å². The summed E-state index contributed by atoms with van der Waals surface area (Å²) in [6, 6.07) is 0. The van der Waals surface area contributed by atoms with Gasteiger partial charge < -0.3 is 5.41 Å². The molecule has 2 heteroatoms. The number of rotatable bonds is 4. The molecule has 0 bridgehead atoms. The lowest BCUT2D eigenvalue weighted by atomic mass is 10.1. The van der Waals surface area contributed by atoms with Crippen molar-refractivity contribution >= 4 is 18.3 Å². The summed E-state index contributed by atoms with van der Waals surface area (Å²) >= 11 is 3.97. The number of hydrogen-bond donors (Lipinski definition) is 2. The predicted octanol–water partition coefficient (Wildman–Crippen LogP) is 3.03. The maximum absolute atomic E-state index is 7.48. The third-order valence-corrected chi connectivity index (χ3v) is 1.84. The zero-order valence-electron chi connectivity index (χ0n) is 6.65. The number of allylic oxidation sites excluding steroid dienone is 1. The van der Waals surface area contributed by atoms with Crippen molar-refractivity contribution in [2.24, 2.45) is 0 Å². The molecule has 0 aromatic heterocycles. The molecule has 10 heavy (non-hydrogen) atoms. The van der Waals surface area contributed by atoms with Gasteiger partial charge in [0.05, 0.1) is 0 Å². The van der Waals surface area contributed by atoms with Gasteiger partial charge in [0.25, 0.3) is 0 Å². The Hall–Kier alpha value is -0.240. The highest BCUT2D eigenvalue weighted by Gasteiger charge is 1.96. The van der Waals surface area contributed by atoms with E-state index in [4.69, 9.17) is 5.41 Å². The Bertz CT molecular complexity index is 138. The van der Waals surface area contributed by atoms with Crippen LogP contribution >= 0.6 is 12.6 Å². The van der Waals surface area contributed by atoms with Gasteiger partial charge in [-0.3, -0.25) is 0 Å². The van der Waals surface area contributed by atoms with Crippen LogP contribution in [0.25, 0.3) is 0 Å². The monoisotopic (exact) mass is 157 g/mol. The van der Waals surface area contributed by atoms with E-state index < -0.39 is 0 Å². The third-order valence-electron chi connectivity index (χ3n) is 1.45. The summed E-state index contributed by atoms with van der Waals surface area (Å²) in [5.74, 6) is 0. The standard InChI is InChI=1S/C8H15NS/c1-3-4-5-8(9)7(2)6-10/h6,9-10H,3-5H2,1-2H3/b7-6-,9-8?. The molecule has 0 saturated carbocycles. The van der Waals surface area contributed by atoms with Crippen molar-refractivity contribution in [2.45, 2.75) is 33.1 Å². The van der Waals surface area contributed by atoms with Crippen molar-refractivity contribution in [1.29, 1.82) is 5.41 Å². The summed E-state index contributed by atoms with van der Waals surface area (Å²) < 4.78 is 0. The van der Waals surface area contributed by atoms with Gasteiger partial charge in [-0.05, 0) is 30.7 Å². The van der Waals surface area contributed by atoms with Crippen molar-refractivity contribution in [3.05, 3.63) is 11.0 Å². The smallest absolute Gasteiger partial charge is 0.0348 e. The average molecular weight is 157 g/mol. The second-order valence-electron chi connectivity index (χ2n) is 2.39. The molecule has 0 radical (unpaired) electrons. The fourth-order valence-corrected chi connectivity index (χ4v) is 0.784. The van der Waals surface area contributed by atoms with E-state index in [1.807, 2.05) is 6.92 Å². The largest absolute Gasteiger partial charge is 0.305 e. The van der Waals surface area contributed by atoms with Gasteiger partial charge in [-0.15, -0.1) is 0 Å². The first-order valence-corrected chi connectivity index (χ1v) is 4.12. The van der Waals surface area contributed by atoms with Gasteiger partial charge in [0, 0.05) is 5.71 Å². The highest BCUT2D eigenvalue weighted by Crippen LogP contribution is 2.04. The molecule has 0 fully saturated rings. The van der Waals surface area contributed by atoms with E-state index in [0.717, 1.165) is 30.5 Å². The molecule has 0 heterocycles. The van der Waals surface area contributed by atoms with Gasteiger partial charge in [-0.1, -0.05) is 13.3 Å². The van der Waals surface area contributed by atoms with Crippen LogP contribution in [-0.2, 0) is 0 Å². The molecule has 0 unspecified atom stereocenters. The van der Waals surface area contributed by atoms with E-state index in [-0.39, 0.29) is 0 Å². The maximum Gasteiger partial charge on any atom is 0.0348 e. The molecule has 1 N–H and O–H groups in total. The molecule has 0 rings (SSSR count). The molecule has 0 saturated heterocycles. The Balaban J connectivity index is 3.63. The molecule has 0 atom stereocenters. The van der Waals surface area contributed by atoms with Crippen molar-refractivity contribution in [3.8, 4) is 0 Å². The molecule has 0 aliphatic carbocycles. The lowest BCUT2D eigenvalue weighted by Crippen LogP contribution is -1.96. The highest BCUT2D eigenvalue weighted by molar-refractivity contribution is 7.83. The maximum atomic E-state index is 7.48. The summed E-state index contributed by atoms with van der Waals surface area (Å²) in [6.45, 7) is 4.05. The van der Waals surface area contributed by atoms with E-state index in [9.17, 15) is 0 Å². The highest BCUT2D eigenvalue weighted by atomic mass is 32.1. The molecule has 0 aliphatic heterocycles. The topological polar surface area (TPSA) is 23.9 Å². The van der Waals surface area contributed by atoms with Crippen molar-refractivity contribution in [1.82, 2.24) is 0 Å². The van der Waals surface area contributed by atoms with Crippen LogP contribution in [0, 0.1) is 5.41 Å². The van der Waals surface area contributed by atoms with Crippen LogP contribution in [0.4, 0.5) is 0 Å². The van der Waals surface area contributed by atoms with E-state index >= 15 is 0 Å². The van der Waals surface area contributed by atoms with Gasteiger partial charge in [0.2, 0.25) is 0 Å². The second kappa shape index (κ2) is 5.54. The van der Waals surface area contributed by atoms with Gasteiger partial charge in [-0.25, -0.2) is 0 Å². The number of hydrogen-bond acceptors (Lipinski definition) is 2. The molecule has 0 aromatic carbocycles. The first-order chi connectivity index (χ1) is 4.72. The first kappa shape index (κ1) is 9.76. The molecule has 0 amide bonds. The average Bonchev–Trinajstić information content (AvgIpc) is 1.98. The molecule has 1 nitrogen and oxygen atoms in total. The van der Waals surface area contributed by atoms with Gasteiger partial charge in [0.15, 0.2) is 0 Å². The Morgan fingerprint density at radius 1 is 1.60 bits per heavy atom. The molecule has 0 aromatic rings. The van der Waals surface area contributed by atoms with Gasteiger partial charge in [-0.2, -0.15) is 12.6 Å². The minimum atomic E-state index is 0.719. The zero-order chi connectivity index (χ0) is 7.98. The van der Waals surface area contributed by atoms with Crippen LogP contribution in [0.3, 0.4) is 0 Å². The fourth-order valence-electron chi connectivity index (χ4n) is 0.629. The first-order valence-electron chi connectivity index (χ1n) is 3.61. The third kappa shape index (κ3) is 3.72. The summed E-state index contributed by atoms with van der Waals surface area (Å²) in [4.78, 5) is 0. The van der Waals surface area contributed by atoms with E-state index in [1.54, 1.807) is 5.41 Å². The van der Waals surface area contributed by atoms with Gasteiger partial charge in [0.1, 0.15) is 0 Å². The molecule has 0 spiro atoms. The van der Waals surface area contributed by atoms with E-state index in [1.165, 1.54) is 0 Å². The Morgan fingerprint density at radius 2 is 2.20 bits per heavy atom. The number of thiol groups is 1. The Kier molecular flexibility index (Phi) is 5.40. The lowest BCUT2D eigenvalue weighted by Gasteiger charge is -2.00. The van der Waals surface area contributed by atoms with Gasteiger partial charge >= 0.3 is 0 Å². The SMILES string of the molecule is CCCCC(=N)/C(C)=C\S. The number of unbranched alkanes of at least 4 members (excludes halogenated alkanes) is 1. The number of nitrogens with one attached hydrogen (secondary N) is 1. The lowest BCUT2D eigenvalue weighted by molar-refractivity contribution is 0.832. The van der Waals surface area contributed by atoms with Crippen molar-refractivity contribution < 1.29 is 0 Å². The van der Waals surface area contributed by atoms with Crippen molar-refractivity contribution in [3.63, 3.8) is 0 Å². The van der Waals surface area contributed by atoms with Crippen LogP contribution in [-0.4, -0.2) is 5.71 Å². The van der Waals surface area contributed by atoms with Crippen LogP contribution in [0.1, 0.15) is 33.1 Å². The predicted molar refractivity (Wildman–Crippen MR) is 50.0 cm³/mol. The minimum absolute atomic E-state index is 0.719. The fraction of sp³-hybridized carbons (Fsp3) is 0.625. The normalized spacial score (nSPS) is 11.7. The Morgan fingerprint density at radius 3 is 2.60 bits per heavy atom. The molecule has 58 valence electrons. The molecule has 0 aliphatic rings. The van der Waals surface area contributed by atoms with Crippen molar-refractivity contribution in [2.75, 3.05) is 0 Å². The quantitative estimate of drug-likeness (QED) is 0.463. The summed E-state index contributed by atoms with van der Waals surface area (Å²) in [5, 5.41) is 9.17. The minimum Gasteiger partial charge on any atom is -0.305 e. The molecular weight excluding hydrogens is 142 g/mol. The summed E-state index contributed by atoms with van der Waals surface area (Å²) in [6.07, 6.45) is 3.15. The molecular formula is C8H15NS. The van der Waals surface area contributed by atoms with E-state index in [2.05, 4.69) is 19.6 Å². The van der Waals surface area contributed by atoms with Crippen LogP contribution < -0.4 is 0 Å². The summed E-state index contributed by atoms with van der Waals surface area (Å²) in [7, 11) is 0. The van der Waals surface area contributed by atoms with Crippen LogP contribution in [0.15, 0.2) is 11.0 Å². The second-order valence-corrected chi connectivity index (χ2v) is 2.65. The Labute approximate surface area is 68.4 Å².